The van der Waals surface area contributed by atoms with Crippen molar-refractivity contribution >= 4 is 16.7 Å². The fraction of sp³-hybridized carbons (Fsp3) is 0.214. The number of ether oxygens (including phenoxy) is 3. The first-order valence-electron chi connectivity index (χ1n) is 5.61. The van der Waals surface area contributed by atoms with Gasteiger partial charge in [-0.3, -0.25) is 0 Å². The Morgan fingerprint density at radius 2 is 1.89 bits per heavy atom. The molecule has 2 aromatic carbocycles. The maximum Gasteiger partial charge on any atom is 0.337 e. The summed E-state index contributed by atoms with van der Waals surface area (Å²) in [5.74, 6) is 1.12. The summed E-state index contributed by atoms with van der Waals surface area (Å²) in [6, 6.07) is 7.44. The predicted molar refractivity (Wildman–Crippen MR) is 66.1 cm³/mol. The highest BCUT2D eigenvalue weighted by atomic mass is 16.7. The van der Waals surface area contributed by atoms with Gasteiger partial charge in [-0.15, -0.1) is 0 Å². The third-order valence-electron chi connectivity index (χ3n) is 3.07. The number of methoxy groups -OCH3 is 1. The zero-order chi connectivity index (χ0) is 12.7. The van der Waals surface area contributed by atoms with Crippen molar-refractivity contribution in [3.05, 3.63) is 35.4 Å². The second-order valence-electron chi connectivity index (χ2n) is 4.21. The number of aryl methyl sites for hydroxylation is 1. The van der Waals surface area contributed by atoms with E-state index in [0.29, 0.717) is 11.3 Å². The first-order valence-corrected chi connectivity index (χ1v) is 5.61. The molecule has 0 N–H and O–H groups in total. The molecule has 0 saturated carbocycles. The van der Waals surface area contributed by atoms with Crippen molar-refractivity contribution in [3.63, 3.8) is 0 Å². The third kappa shape index (κ3) is 1.57. The summed E-state index contributed by atoms with van der Waals surface area (Å²) in [6.45, 7) is 2.20. The number of carbonyl (C=O) groups excluding carboxylic acids is 1. The van der Waals surface area contributed by atoms with E-state index in [4.69, 9.17) is 14.2 Å². The minimum atomic E-state index is -0.335. The average molecular weight is 244 g/mol. The van der Waals surface area contributed by atoms with Crippen molar-refractivity contribution in [3.8, 4) is 11.5 Å². The van der Waals surface area contributed by atoms with Gasteiger partial charge in [-0.25, -0.2) is 4.79 Å². The van der Waals surface area contributed by atoms with Crippen LogP contribution in [0.3, 0.4) is 0 Å². The molecule has 1 aliphatic rings. The molecule has 0 radical (unpaired) electrons. The van der Waals surface area contributed by atoms with Gasteiger partial charge < -0.3 is 14.2 Å². The van der Waals surface area contributed by atoms with Crippen LogP contribution in [0.5, 0.6) is 11.5 Å². The van der Waals surface area contributed by atoms with E-state index in [0.717, 1.165) is 22.1 Å². The van der Waals surface area contributed by atoms with Gasteiger partial charge in [0, 0.05) is 0 Å². The number of hydrogen-bond acceptors (Lipinski definition) is 4. The zero-order valence-corrected chi connectivity index (χ0v) is 10.1. The van der Waals surface area contributed by atoms with Crippen LogP contribution in [0.4, 0.5) is 0 Å². The monoisotopic (exact) mass is 244 g/mol. The number of hydrogen-bond donors (Lipinski definition) is 0. The number of carbonyl (C=O) groups is 1. The predicted octanol–water partition coefficient (Wildman–Crippen LogP) is 2.66. The van der Waals surface area contributed by atoms with Crippen molar-refractivity contribution in [1.82, 2.24) is 0 Å². The van der Waals surface area contributed by atoms with Crippen LogP contribution < -0.4 is 9.47 Å². The Hall–Kier alpha value is -2.23. The molecule has 4 nitrogen and oxygen atoms in total. The summed E-state index contributed by atoms with van der Waals surface area (Å²) in [4.78, 5) is 11.6. The van der Waals surface area contributed by atoms with E-state index >= 15 is 0 Å². The maximum absolute atomic E-state index is 11.6. The van der Waals surface area contributed by atoms with Gasteiger partial charge in [-0.2, -0.15) is 0 Å². The molecule has 92 valence electrons. The summed E-state index contributed by atoms with van der Waals surface area (Å²) in [6.07, 6.45) is 0. The molecule has 0 aromatic heterocycles. The van der Waals surface area contributed by atoms with E-state index in [1.54, 1.807) is 6.07 Å². The fourth-order valence-electron chi connectivity index (χ4n) is 2.17. The molecule has 1 aliphatic heterocycles. The highest BCUT2D eigenvalue weighted by Gasteiger charge is 2.16. The Morgan fingerprint density at radius 1 is 1.17 bits per heavy atom. The van der Waals surface area contributed by atoms with Crippen LogP contribution in [0.1, 0.15) is 15.9 Å². The Morgan fingerprint density at radius 3 is 2.61 bits per heavy atom. The number of rotatable bonds is 1. The van der Waals surface area contributed by atoms with Crippen molar-refractivity contribution in [2.24, 2.45) is 0 Å². The molecular weight excluding hydrogens is 232 g/mol. The molecular formula is C14H12O4. The van der Waals surface area contributed by atoms with E-state index in [-0.39, 0.29) is 12.8 Å². The van der Waals surface area contributed by atoms with Crippen LogP contribution in [0.15, 0.2) is 24.3 Å². The second-order valence-corrected chi connectivity index (χ2v) is 4.21. The third-order valence-corrected chi connectivity index (χ3v) is 3.07. The van der Waals surface area contributed by atoms with E-state index in [9.17, 15) is 4.79 Å². The van der Waals surface area contributed by atoms with E-state index in [1.807, 2.05) is 25.1 Å². The summed E-state index contributed by atoms with van der Waals surface area (Å²) >= 11 is 0. The molecule has 0 amide bonds. The van der Waals surface area contributed by atoms with Crippen LogP contribution >= 0.6 is 0 Å². The number of esters is 1. The quantitative estimate of drug-likeness (QED) is 0.723. The maximum atomic E-state index is 11.6. The lowest BCUT2D eigenvalue weighted by Crippen LogP contribution is -2.01. The van der Waals surface area contributed by atoms with Gasteiger partial charge in [-0.1, -0.05) is 0 Å². The molecule has 0 atom stereocenters. The Kier molecular flexibility index (Phi) is 2.37. The topological polar surface area (TPSA) is 44.8 Å². The second kappa shape index (κ2) is 3.91. The van der Waals surface area contributed by atoms with E-state index in [2.05, 4.69) is 0 Å². The minimum Gasteiger partial charge on any atom is -0.465 e. The van der Waals surface area contributed by atoms with E-state index in [1.165, 1.54) is 7.11 Å². The highest BCUT2D eigenvalue weighted by Crippen LogP contribution is 2.37. The molecule has 4 heteroatoms. The van der Waals surface area contributed by atoms with Crippen LogP contribution in [-0.4, -0.2) is 19.9 Å². The Balaban J connectivity index is 2.24. The highest BCUT2D eigenvalue weighted by molar-refractivity contribution is 5.98. The largest absolute Gasteiger partial charge is 0.465 e. The Labute approximate surface area is 104 Å². The van der Waals surface area contributed by atoms with Gasteiger partial charge in [-0.05, 0) is 47.5 Å². The first kappa shape index (κ1) is 10.9. The molecule has 0 bridgehead atoms. The Bertz CT molecular complexity index is 646. The van der Waals surface area contributed by atoms with Crippen LogP contribution in [0, 0.1) is 6.92 Å². The molecule has 0 aliphatic carbocycles. The normalized spacial score (nSPS) is 12.8. The van der Waals surface area contributed by atoms with Gasteiger partial charge >= 0.3 is 5.97 Å². The van der Waals surface area contributed by atoms with Crippen molar-refractivity contribution in [1.29, 1.82) is 0 Å². The summed E-state index contributed by atoms with van der Waals surface area (Å²) < 4.78 is 15.4. The van der Waals surface area contributed by atoms with Crippen LogP contribution in [0.2, 0.25) is 0 Å². The molecule has 0 unspecified atom stereocenters. The smallest absolute Gasteiger partial charge is 0.337 e. The lowest BCUT2D eigenvalue weighted by atomic mass is 10.0. The van der Waals surface area contributed by atoms with Crippen LogP contribution in [0.25, 0.3) is 10.8 Å². The standard InChI is InChI=1S/C14H12O4/c1-8-3-10(14(15)16-2)4-9-5-12-13(6-11(8)9)18-7-17-12/h3-6H,7H2,1-2H3. The lowest BCUT2D eigenvalue weighted by Gasteiger charge is -2.07. The molecule has 0 fully saturated rings. The molecule has 0 saturated heterocycles. The summed E-state index contributed by atoms with van der Waals surface area (Å²) in [5.41, 5.74) is 1.55. The van der Waals surface area contributed by atoms with Gasteiger partial charge in [0.1, 0.15) is 0 Å². The van der Waals surface area contributed by atoms with Gasteiger partial charge in [0.25, 0.3) is 0 Å². The zero-order valence-electron chi connectivity index (χ0n) is 10.1. The average Bonchev–Trinajstić information content (AvgIpc) is 2.82. The molecule has 1 heterocycles. The first-order chi connectivity index (χ1) is 8.69. The molecule has 18 heavy (non-hydrogen) atoms. The van der Waals surface area contributed by atoms with Crippen LogP contribution in [-0.2, 0) is 4.74 Å². The molecule has 3 rings (SSSR count). The minimum absolute atomic E-state index is 0.245. The molecule has 2 aromatic rings. The summed E-state index contributed by atoms with van der Waals surface area (Å²) in [7, 11) is 1.38. The fourth-order valence-corrected chi connectivity index (χ4v) is 2.17. The number of fused-ring (bicyclic) bond motifs is 2. The SMILES string of the molecule is COC(=O)c1cc(C)c2cc3c(cc2c1)OCO3. The van der Waals surface area contributed by atoms with Gasteiger partial charge in [0.05, 0.1) is 12.7 Å². The number of benzene rings is 2. The molecule has 0 spiro atoms. The van der Waals surface area contributed by atoms with E-state index < -0.39 is 0 Å². The van der Waals surface area contributed by atoms with Crippen molar-refractivity contribution in [2.75, 3.05) is 13.9 Å². The van der Waals surface area contributed by atoms with Crippen molar-refractivity contribution in [2.45, 2.75) is 6.92 Å². The van der Waals surface area contributed by atoms with Gasteiger partial charge in [0.2, 0.25) is 6.79 Å². The van der Waals surface area contributed by atoms with Gasteiger partial charge in [0.15, 0.2) is 11.5 Å². The summed E-state index contributed by atoms with van der Waals surface area (Å²) in [5, 5.41) is 1.99. The van der Waals surface area contributed by atoms with Crippen molar-refractivity contribution < 1.29 is 19.0 Å². The lowest BCUT2D eigenvalue weighted by molar-refractivity contribution is 0.0601.